The van der Waals surface area contributed by atoms with E-state index in [1.807, 2.05) is 0 Å². The number of sulfonamides is 1. The van der Waals surface area contributed by atoms with Crippen molar-refractivity contribution in [2.45, 2.75) is 17.7 Å². The molecule has 2 heterocycles. The summed E-state index contributed by atoms with van der Waals surface area (Å²) in [5.41, 5.74) is -1.45. The zero-order valence-corrected chi connectivity index (χ0v) is 16.4. The lowest BCUT2D eigenvalue weighted by atomic mass is 9.82. The Labute approximate surface area is 161 Å². The second-order valence-electron chi connectivity index (χ2n) is 7.30. The van der Waals surface area contributed by atoms with Gasteiger partial charge in [0.1, 0.15) is 5.82 Å². The summed E-state index contributed by atoms with van der Waals surface area (Å²) in [7, 11) is -1.55. The Balaban J connectivity index is 1.92. The largest absolute Gasteiger partial charge is 0.396 e. The smallest absolute Gasteiger partial charge is 0.330 e. The van der Waals surface area contributed by atoms with Crippen LogP contribution in [-0.4, -0.2) is 46.7 Å². The lowest BCUT2D eigenvalue weighted by molar-refractivity contribution is 0.137. The molecule has 1 aliphatic rings. The molecule has 1 aromatic heterocycles. The molecular weight excluding hydrogens is 389 g/mol. The topological polar surface area (TPSA) is 102 Å². The summed E-state index contributed by atoms with van der Waals surface area (Å²) >= 11 is 0. The van der Waals surface area contributed by atoms with Gasteiger partial charge < -0.3 is 9.67 Å². The number of halogens is 1. The number of hydrogen-bond acceptors (Lipinski definition) is 5. The van der Waals surface area contributed by atoms with Crippen molar-refractivity contribution in [1.29, 1.82) is 0 Å². The Bertz CT molecular complexity index is 1110. The van der Waals surface area contributed by atoms with Crippen molar-refractivity contribution in [2.24, 2.45) is 19.5 Å². The molecule has 1 aliphatic heterocycles. The third-order valence-electron chi connectivity index (χ3n) is 5.26. The first-order valence-electron chi connectivity index (χ1n) is 8.72. The van der Waals surface area contributed by atoms with Gasteiger partial charge in [0.2, 0.25) is 10.0 Å². The van der Waals surface area contributed by atoms with Crippen molar-refractivity contribution in [3.8, 4) is 0 Å². The lowest BCUT2D eigenvalue weighted by Crippen LogP contribution is -2.43. The van der Waals surface area contributed by atoms with E-state index in [0.717, 1.165) is 25.2 Å². The van der Waals surface area contributed by atoms with E-state index < -0.39 is 31.6 Å². The van der Waals surface area contributed by atoms with Crippen molar-refractivity contribution in [3.63, 3.8) is 0 Å². The van der Waals surface area contributed by atoms with E-state index in [0.29, 0.717) is 12.8 Å². The van der Waals surface area contributed by atoms with Crippen molar-refractivity contribution >= 4 is 10.0 Å². The molecule has 8 nitrogen and oxygen atoms in total. The van der Waals surface area contributed by atoms with Crippen molar-refractivity contribution < 1.29 is 17.9 Å². The minimum absolute atomic E-state index is 0.0230. The number of nitrogens with zero attached hydrogens (tertiary/aromatic N) is 3. The molecule has 1 unspecified atom stereocenters. The normalized spacial score (nSPS) is 20.6. The van der Waals surface area contributed by atoms with Crippen LogP contribution in [-0.2, 0) is 30.5 Å². The van der Waals surface area contributed by atoms with Crippen LogP contribution in [0.3, 0.4) is 0 Å². The highest BCUT2D eigenvalue weighted by molar-refractivity contribution is 7.89. The first kappa shape index (κ1) is 20.4. The number of aromatic nitrogens is 2. The molecule has 0 spiro atoms. The zero-order valence-electron chi connectivity index (χ0n) is 15.6. The van der Waals surface area contributed by atoms with Crippen LogP contribution in [0, 0.1) is 11.2 Å². The summed E-state index contributed by atoms with van der Waals surface area (Å²) in [6.45, 7) is -0.0903. The molecule has 0 amide bonds. The van der Waals surface area contributed by atoms with E-state index in [-0.39, 0.29) is 25.5 Å². The standard InChI is InChI=1S/C18H22FN3O5S/c1-20-10-15(16(24)21(2)17(20)25)28(26,27)22-8-7-18(11-22,12-23)9-13-3-5-14(19)6-4-13/h3-6,10,23H,7-9,11-12H2,1-2H3. The van der Waals surface area contributed by atoms with Gasteiger partial charge in [-0.15, -0.1) is 0 Å². The molecule has 3 rings (SSSR count). The highest BCUT2D eigenvalue weighted by Crippen LogP contribution is 2.36. The summed E-state index contributed by atoms with van der Waals surface area (Å²) < 4.78 is 42.2. The van der Waals surface area contributed by atoms with E-state index in [9.17, 15) is 27.5 Å². The fourth-order valence-corrected chi connectivity index (χ4v) is 5.26. The van der Waals surface area contributed by atoms with Gasteiger partial charge in [-0.1, -0.05) is 12.1 Å². The molecule has 0 aliphatic carbocycles. The molecule has 2 aromatic rings. The molecule has 1 fully saturated rings. The van der Waals surface area contributed by atoms with E-state index in [2.05, 4.69) is 0 Å². The maximum absolute atomic E-state index is 13.1. The number of hydrogen-bond donors (Lipinski definition) is 1. The number of aliphatic hydroxyl groups is 1. The molecule has 0 saturated carbocycles. The van der Waals surface area contributed by atoms with Gasteiger partial charge in [0.25, 0.3) is 5.56 Å². The summed E-state index contributed by atoms with van der Waals surface area (Å²) in [6, 6.07) is 5.84. The van der Waals surface area contributed by atoms with Gasteiger partial charge in [-0.05, 0) is 30.5 Å². The van der Waals surface area contributed by atoms with Crippen LogP contribution in [0.5, 0.6) is 0 Å². The molecule has 28 heavy (non-hydrogen) atoms. The number of aryl methyl sites for hydroxylation is 1. The highest BCUT2D eigenvalue weighted by atomic mass is 32.2. The minimum atomic E-state index is -4.14. The van der Waals surface area contributed by atoms with Crippen LogP contribution in [0.2, 0.25) is 0 Å². The summed E-state index contributed by atoms with van der Waals surface area (Å²) in [5.74, 6) is -0.372. The predicted octanol–water partition coefficient (Wildman–Crippen LogP) is -0.161. The summed E-state index contributed by atoms with van der Waals surface area (Å²) in [6.07, 6.45) is 1.80. The van der Waals surface area contributed by atoms with Crippen LogP contribution in [0.4, 0.5) is 4.39 Å². The van der Waals surface area contributed by atoms with E-state index >= 15 is 0 Å². The molecule has 152 valence electrons. The van der Waals surface area contributed by atoms with Crippen molar-refractivity contribution in [1.82, 2.24) is 13.4 Å². The van der Waals surface area contributed by atoms with Crippen LogP contribution >= 0.6 is 0 Å². The fraction of sp³-hybridized carbons (Fsp3) is 0.444. The third kappa shape index (κ3) is 3.54. The molecule has 0 radical (unpaired) electrons. The fourth-order valence-electron chi connectivity index (χ4n) is 3.55. The molecule has 10 heteroatoms. The van der Waals surface area contributed by atoms with Gasteiger partial charge in [-0.3, -0.25) is 9.36 Å². The molecule has 0 bridgehead atoms. The first-order chi connectivity index (χ1) is 13.1. The lowest BCUT2D eigenvalue weighted by Gasteiger charge is -2.27. The van der Waals surface area contributed by atoms with Crippen molar-refractivity contribution in [2.75, 3.05) is 19.7 Å². The number of benzene rings is 1. The molecule has 1 N–H and O–H groups in total. The van der Waals surface area contributed by atoms with Gasteiger partial charge in [-0.2, -0.15) is 4.31 Å². The summed E-state index contributed by atoms with van der Waals surface area (Å²) in [4.78, 5) is 23.7. The Hall–Kier alpha value is -2.30. The average Bonchev–Trinajstić information content (AvgIpc) is 3.10. The second-order valence-corrected chi connectivity index (χ2v) is 9.21. The Morgan fingerprint density at radius 2 is 1.82 bits per heavy atom. The van der Waals surface area contributed by atoms with Gasteiger partial charge in [0.15, 0.2) is 4.90 Å². The molecule has 1 aromatic carbocycles. The Kier molecular flexibility index (Phi) is 5.30. The molecule has 1 atom stereocenters. The highest BCUT2D eigenvalue weighted by Gasteiger charge is 2.43. The maximum atomic E-state index is 13.1. The quantitative estimate of drug-likeness (QED) is 0.737. The van der Waals surface area contributed by atoms with Gasteiger partial charge >= 0.3 is 5.69 Å². The monoisotopic (exact) mass is 411 g/mol. The third-order valence-corrected chi connectivity index (χ3v) is 7.09. The van der Waals surface area contributed by atoms with Gasteiger partial charge in [0, 0.05) is 38.8 Å². The Morgan fingerprint density at radius 1 is 1.18 bits per heavy atom. The molecule has 1 saturated heterocycles. The second kappa shape index (κ2) is 7.26. The number of rotatable bonds is 5. The van der Waals surface area contributed by atoms with E-state index in [4.69, 9.17) is 0 Å². The minimum Gasteiger partial charge on any atom is -0.396 e. The number of aliphatic hydroxyl groups excluding tert-OH is 1. The molecular formula is C18H22FN3O5S. The van der Waals surface area contributed by atoms with Gasteiger partial charge in [-0.25, -0.2) is 17.6 Å². The van der Waals surface area contributed by atoms with Gasteiger partial charge in [0.05, 0.1) is 6.61 Å². The Morgan fingerprint density at radius 3 is 2.43 bits per heavy atom. The SMILES string of the molecule is Cn1cc(S(=O)(=O)N2CCC(CO)(Cc3ccc(F)cc3)C2)c(=O)n(C)c1=O. The first-order valence-corrected chi connectivity index (χ1v) is 10.2. The van der Waals surface area contributed by atoms with Crippen LogP contribution in [0.25, 0.3) is 0 Å². The van der Waals surface area contributed by atoms with Crippen LogP contribution in [0.15, 0.2) is 44.9 Å². The summed E-state index contributed by atoms with van der Waals surface area (Å²) in [5, 5.41) is 9.96. The van der Waals surface area contributed by atoms with Crippen LogP contribution in [0.1, 0.15) is 12.0 Å². The zero-order chi connectivity index (χ0) is 20.7. The van der Waals surface area contributed by atoms with Crippen molar-refractivity contribution in [3.05, 3.63) is 62.7 Å². The van der Waals surface area contributed by atoms with E-state index in [1.165, 1.54) is 26.2 Å². The predicted molar refractivity (Wildman–Crippen MR) is 99.9 cm³/mol. The average molecular weight is 411 g/mol. The van der Waals surface area contributed by atoms with Crippen LogP contribution < -0.4 is 11.2 Å². The van der Waals surface area contributed by atoms with E-state index in [1.54, 1.807) is 12.1 Å². The maximum Gasteiger partial charge on any atom is 0.330 e.